The maximum Gasteiger partial charge on any atom is 0.255 e. The van der Waals surface area contributed by atoms with Gasteiger partial charge in [-0.1, -0.05) is 5.16 Å². The summed E-state index contributed by atoms with van der Waals surface area (Å²) in [6.07, 6.45) is 2.45. The zero-order chi connectivity index (χ0) is 13.5. The van der Waals surface area contributed by atoms with Crippen molar-refractivity contribution in [3.63, 3.8) is 0 Å². The maximum atomic E-state index is 5.70. The van der Waals surface area contributed by atoms with E-state index >= 15 is 0 Å². The summed E-state index contributed by atoms with van der Waals surface area (Å²) in [7, 11) is 1.64. The summed E-state index contributed by atoms with van der Waals surface area (Å²) in [5.41, 5.74) is 5.57. The molecule has 108 valence electrons. The van der Waals surface area contributed by atoms with Crippen LogP contribution in [0.3, 0.4) is 0 Å². The van der Waals surface area contributed by atoms with Crippen molar-refractivity contribution in [3.8, 4) is 0 Å². The predicted molar refractivity (Wildman–Crippen MR) is 66.6 cm³/mol. The van der Waals surface area contributed by atoms with Crippen LogP contribution in [-0.4, -0.2) is 49.7 Å². The van der Waals surface area contributed by atoms with E-state index in [0.717, 1.165) is 12.8 Å². The molecule has 7 heteroatoms. The SMILES string of the molecule is COCCOCCc1noc(C2CCC(CN)O2)n1. The first-order valence-electron chi connectivity index (χ1n) is 6.58. The molecule has 1 aromatic rings. The van der Waals surface area contributed by atoms with E-state index in [0.29, 0.717) is 44.5 Å². The minimum absolute atomic E-state index is 0.107. The van der Waals surface area contributed by atoms with Crippen LogP contribution >= 0.6 is 0 Å². The maximum absolute atomic E-state index is 5.70. The smallest absolute Gasteiger partial charge is 0.255 e. The number of hydrogen-bond donors (Lipinski definition) is 1. The molecule has 0 bridgehead atoms. The monoisotopic (exact) mass is 271 g/mol. The third-order valence-electron chi connectivity index (χ3n) is 3.03. The van der Waals surface area contributed by atoms with Crippen molar-refractivity contribution in [1.29, 1.82) is 0 Å². The fraction of sp³-hybridized carbons (Fsp3) is 0.833. The predicted octanol–water partition coefficient (Wildman–Crippen LogP) is 0.454. The Hall–Kier alpha value is -1.02. The highest BCUT2D eigenvalue weighted by molar-refractivity contribution is 4.93. The molecule has 7 nitrogen and oxygen atoms in total. The highest BCUT2D eigenvalue weighted by atomic mass is 16.5. The summed E-state index contributed by atoms with van der Waals surface area (Å²) in [6.45, 7) is 2.25. The molecule has 1 aliphatic heterocycles. The Kier molecular flexibility index (Phi) is 5.71. The Morgan fingerprint density at radius 1 is 1.32 bits per heavy atom. The molecular formula is C12H21N3O4. The van der Waals surface area contributed by atoms with Crippen LogP contribution < -0.4 is 5.73 Å². The average Bonchev–Trinajstić information content (AvgIpc) is 3.07. The molecule has 2 atom stereocenters. The van der Waals surface area contributed by atoms with Crippen molar-refractivity contribution < 1.29 is 18.7 Å². The quantitative estimate of drug-likeness (QED) is 0.686. The topological polar surface area (TPSA) is 92.6 Å². The third-order valence-corrected chi connectivity index (χ3v) is 3.03. The fourth-order valence-electron chi connectivity index (χ4n) is 1.97. The summed E-state index contributed by atoms with van der Waals surface area (Å²) < 4.78 is 21.1. The normalized spacial score (nSPS) is 23.1. The van der Waals surface area contributed by atoms with Gasteiger partial charge in [-0.15, -0.1) is 0 Å². The average molecular weight is 271 g/mol. The van der Waals surface area contributed by atoms with Gasteiger partial charge in [0.15, 0.2) is 5.82 Å². The van der Waals surface area contributed by atoms with Crippen molar-refractivity contribution in [1.82, 2.24) is 10.1 Å². The Bertz CT molecular complexity index is 372. The lowest BCUT2D eigenvalue weighted by Gasteiger charge is -2.07. The standard InChI is InChI=1S/C12H21N3O4/c1-16-6-7-17-5-4-11-14-12(19-15-11)10-3-2-9(8-13)18-10/h9-10H,2-8,13H2,1H3. The molecule has 1 saturated heterocycles. The second-order valence-corrected chi connectivity index (χ2v) is 4.46. The van der Waals surface area contributed by atoms with E-state index in [4.69, 9.17) is 24.5 Å². The van der Waals surface area contributed by atoms with Crippen molar-refractivity contribution in [2.75, 3.05) is 33.5 Å². The van der Waals surface area contributed by atoms with Crippen LogP contribution in [-0.2, 0) is 20.6 Å². The first kappa shape index (κ1) is 14.4. The first-order chi connectivity index (χ1) is 9.33. The van der Waals surface area contributed by atoms with Crippen molar-refractivity contribution in [2.24, 2.45) is 5.73 Å². The number of aromatic nitrogens is 2. The highest BCUT2D eigenvalue weighted by Gasteiger charge is 2.29. The number of rotatable bonds is 8. The van der Waals surface area contributed by atoms with Crippen LogP contribution in [0.15, 0.2) is 4.52 Å². The largest absolute Gasteiger partial charge is 0.382 e. The molecule has 2 unspecified atom stereocenters. The Labute approximate surface area is 112 Å². The van der Waals surface area contributed by atoms with E-state index in [9.17, 15) is 0 Å². The number of nitrogens with zero attached hydrogens (tertiary/aromatic N) is 2. The Balaban J connectivity index is 1.73. The molecule has 1 aliphatic rings. The van der Waals surface area contributed by atoms with Crippen LogP contribution in [0, 0.1) is 0 Å². The lowest BCUT2D eigenvalue weighted by atomic mass is 10.2. The van der Waals surface area contributed by atoms with Crippen molar-refractivity contribution in [2.45, 2.75) is 31.5 Å². The molecule has 0 radical (unpaired) electrons. The molecule has 0 aliphatic carbocycles. The molecule has 2 rings (SSSR count). The Morgan fingerprint density at radius 2 is 2.21 bits per heavy atom. The van der Waals surface area contributed by atoms with E-state index in [1.54, 1.807) is 7.11 Å². The van der Waals surface area contributed by atoms with Gasteiger partial charge < -0.3 is 24.5 Å². The molecule has 1 fully saturated rings. The first-order valence-corrected chi connectivity index (χ1v) is 6.58. The van der Waals surface area contributed by atoms with E-state index in [2.05, 4.69) is 10.1 Å². The van der Waals surface area contributed by atoms with E-state index in [1.165, 1.54) is 0 Å². The molecule has 19 heavy (non-hydrogen) atoms. The van der Waals surface area contributed by atoms with Gasteiger partial charge in [-0.2, -0.15) is 4.98 Å². The lowest BCUT2D eigenvalue weighted by molar-refractivity contribution is 0.0307. The van der Waals surface area contributed by atoms with Crippen LogP contribution in [0.1, 0.15) is 30.7 Å². The molecule has 0 spiro atoms. The van der Waals surface area contributed by atoms with Crippen molar-refractivity contribution in [3.05, 3.63) is 11.7 Å². The number of hydrogen-bond acceptors (Lipinski definition) is 7. The van der Waals surface area contributed by atoms with E-state index in [-0.39, 0.29) is 12.2 Å². The summed E-state index contributed by atoms with van der Waals surface area (Å²) in [6, 6.07) is 0. The summed E-state index contributed by atoms with van der Waals surface area (Å²) in [4.78, 5) is 4.32. The Morgan fingerprint density at radius 3 is 2.95 bits per heavy atom. The molecule has 1 aromatic heterocycles. The number of methoxy groups -OCH3 is 1. The summed E-state index contributed by atoms with van der Waals surface area (Å²) in [5.74, 6) is 1.19. The van der Waals surface area contributed by atoms with Gasteiger partial charge in [0.1, 0.15) is 6.10 Å². The molecule has 0 saturated carbocycles. The van der Waals surface area contributed by atoms with Gasteiger partial charge in [-0.3, -0.25) is 0 Å². The van der Waals surface area contributed by atoms with Gasteiger partial charge in [0, 0.05) is 20.1 Å². The van der Waals surface area contributed by atoms with Gasteiger partial charge in [0.2, 0.25) is 0 Å². The second-order valence-electron chi connectivity index (χ2n) is 4.46. The molecule has 2 heterocycles. The van der Waals surface area contributed by atoms with Crippen LogP contribution in [0.4, 0.5) is 0 Å². The lowest BCUT2D eigenvalue weighted by Crippen LogP contribution is -2.18. The highest BCUT2D eigenvalue weighted by Crippen LogP contribution is 2.31. The number of ether oxygens (including phenoxy) is 3. The zero-order valence-electron chi connectivity index (χ0n) is 11.2. The minimum Gasteiger partial charge on any atom is -0.382 e. The number of nitrogens with two attached hydrogens (primary N) is 1. The summed E-state index contributed by atoms with van der Waals surface area (Å²) >= 11 is 0. The van der Waals surface area contributed by atoms with E-state index < -0.39 is 0 Å². The minimum atomic E-state index is -0.107. The van der Waals surface area contributed by atoms with Gasteiger partial charge in [-0.05, 0) is 12.8 Å². The van der Waals surface area contributed by atoms with Crippen LogP contribution in [0.5, 0.6) is 0 Å². The van der Waals surface area contributed by atoms with Crippen LogP contribution in [0.25, 0.3) is 0 Å². The fourth-order valence-corrected chi connectivity index (χ4v) is 1.97. The molecular weight excluding hydrogens is 250 g/mol. The third kappa shape index (κ3) is 4.24. The van der Waals surface area contributed by atoms with Crippen LogP contribution in [0.2, 0.25) is 0 Å². The van der Waals surface area contributed by atoms with Gasteiger partial charge >= 0.3 is 0 Å². The van der Waals surface area contributed by atoms with Gasteiger partial charge in [0.05, 0.1) is 25.9 Å². The zero-order valence-corrected chi connectivity index (χ0v) is 11.2. The molecule has 0 aromatic carbocycles. The molecule has 0 amide bonds. The second kappa shape index (κ2) is 7.54. The molecule has 2 N–H and O–H groups in total. The summed E-state index contributed by atoms with van der Waals surface area (Å²) in [5, 5.41) is 3.92. The van der Waals surface area contributed by atoms with E-state index in [1.807, 2.05) is 0 Å². The van der Waals surface area contributed by atoms with Crippen molar-refractivity contribution >= 4 is 0 Å². The van der Waals surface area contributed by atoms with Gasteiger partial charge in [-0.25, -0.2) is 0 Å². The van der Waals surface area contributed by atoms with Gasteiger partial charge in [0.25, 0.3) is 5.89 Å².